The first-order valence-corrected chi connectivity index (χ1v) is 7.95. The third kappa shape index (κ3) is 4.87. The van der Waals surface area contributed by atoms with Crippen LogP contribution in [0.15, 0.2) is 24.3 Å². The highest BCUT2D eigenvalue weighted by molar-refractivity contribution is 5.48. The van der Waals surface area contributed by atoms with Crippen LogP contribution in [0.2, 0.25) is 0 Å². The maximum absolute atomic E-state index is 3.54. The van der Waals surface area contributed by atoms with E-state index in [2.05, 4.69) is 41.4 Å². The van der Waals surface area contributed by atoms with E-state index in [-0.39, 0.29) is 0 Å². The first-order valence-electron chi connectivity index (χ1n) is 7.95. The van der Waals surface area contributed by atoms with Crippen LogP contribution in [0.25, 0.3) is 0 Å². The van der Waals surface area contributed by atoms with Gasteiger partial charge in [-0.05, 0) is 43.5 Å². The molecule has 0 atom stereocenters. The lowest BCUT2D eigenvalue weighted by molar-refractivity contribution is 0.598. The number of benzene rings is 1. The molecule has 1 saturated heterocycles. The van der Waals surface area contributed by atoms with Crippen LogP contribution in [0.5, 0.6) is 0 Å². The lowest BCUT2D eigenvalue weighted by Gasteiger charge is -2.17. The van der Waals surface area contributed by atoms with Crippen LogP contribution in [0.4, 0.5) is 5.69 Å². The molecule has 0 spiro atoms. The van der Waals surface area contributed by atoms with Gasteiger partial charge in [-0.15, -0.1) is 0 Å². The van der Waals surface area contributed by atoms with Crippen molar-refractivity contribution < 1.29 is 0 Å². The van der Waals surface area contributed by atoms with Gasteiger partial charge in [0.15, 0.2) is 0 Å². The summed E-state index contributed by atoms with van der Waals surface area (Å²) in [5, 5.41) is 3.54. The Labute approximate surface area is 118 Å². The molecule has 106 valence electrons. The van der Waals surface area contributed by atoms with Crippen molar-refractivity contribution in [2.75, 3.05) is 24.5 Å². The topological polar surface area (TPSA) is 15.3 Å². The molecule has 1 fully saturated rings. The van der Waals surface area contributed by atoms with Gasteiger partial charge in [0.05, 0.1) is 0 Å². The molecule has 0 saturated carbocycles. The van der Waals surface area contributed by atoms with E-state index in [0.717, 1.165) is 13.1 Å². The summed E-state index contributed by atoms with van der Waals surface area (Å²) in [6, 6.07) is 9.10. The quantitative estimate of drug-likeness (QED) is 0.712. The van der Waals surface area contributed by atoms with E-state index < -0.39 is 0 Å². The van der Waals surface area contributed by atoms with E-state index in [0.29, 0.717) is 0 Å². The smallest absolute Gasteiger partial charge is 0.0366 e. The van der Waals surface area contributed by atoms with Crippen LogP contribution in [0.3, 0.4) is 0 Å². The van der Waals surface area contributed by atoms with Gasteiger partial charge in [-0.2, -0.15) is 0 Å². The van der Waals surface area contributed by atoms with Gasteiger partial charge in [0, 0.05) is 25.3 Å². The Morgan fingerprint density at radius 2 is 1.74 bits per heavy atom. The first kappa shape index (κ1) is 14.4. The Bertz CT molecular complexity index is 339. The SMILES string of the molecule is CCCCCCNCc1ccc(N2CCCC2)cc1. The second kappa shape index (κ2) is 8.21. The molecule has 0 aromatic heterocycles. The zero-order chi connectivity index (χ0) is 13.3. The van der Waals surface area contributed by atoms with Crippen LogP contribution in [-0.2, 0) is 6.54 Å². The molecule has 1 aromatic rings. The molecule has 1 N–H and O–H groups in total. The van der Waals surface area contributed by atoms with Crippen molar-refractivity contribution >= 4 is 5.69 Å². The molecule has 1 heterocycles. The minimum absolute atomic E-state index is 1.01. The summed E-state index contributed by atoms with van der Waals surface area (Å²) in [5.74, 6) is 0. The van der Waals surface area contributed by atoms with E-state index in [1.807, 2.05) is 0 Å². The predicted octanol–water partition coefficient (Wildman–Crippen LogP) is 3.96. The Hall–Kier alpha value is -1.02. The van der Waals surface area contributed by atoms with E-state index in [1.54, 1.807) is 0 Å². The molecule has 0 aliphatic carbocycles. The Kier molecular flexibility index (Phi) is 6.22. The van der Waals surface area contributed by atoms with Crippen LogP contribution >= 0.6 is 0 Å². The molecule has 19 heavy (non-hydrogen) atoms. The lowest BCUT2D eigenvalue weighted by atomic mass is 10.2. The number of hydrogen-bond acceptors (Lipinski definition) is 2. The molecular formula is C17H28N2. The summed E-state index contributed by atoms with van der Waals surface area (Å²) in [7, 11) is 0. The third-order valence-corrected chi connectivity index (χ3v) is 3.94. The summed E-state index contributed by atoms with van der Waals surface area (Å²) in [5.41, 5.74) is 2.79. The van der Waals surface area contributed by atoms with Crippen molar-refractivity contribution in [1.29, 1.82) is 0 Å². The Balaban J connectivity index is 1.67. The van der Waals surface area contributed by atoms with Crippen molar-refractivity contribution in [3.63, 3.8) is 0 Å². The number of nitrogens with zero attached hydrogens (tertiary/aromatic N) is 1. The fraction of sp³-hybridized carbons (Fsp3) is 0.647. The molecule has 2 nitrogen and oxygen atoms in total. The van der Waals surface area contributed by atoms with Crippen LogP contribution in [-0.4, -0.2) is 19.6 Å². The summed E-state index contributed by atoms with van der Waals surface area (Å²) < 4.78 is 0. The molecule has 0 radical (unpaired) electrons. The summed E-state index contributed by atoms with van der Waals surface area (Å²) in [4.78, 5) is 2.49. The standard InChI is InChI=1S/C17H28N2/c1-2-3-4-5-12-18-15-16-8-10-17(11-9-16)19-13-6-7-14-19/h8-11,18H,2-7,12-15H2,1H3. The third-order valence-electron chi connectivity index (χ3n) is 3.94. The van der Waals surface area contributed by atoms with Gasteiger partial charge in [-0.1, -0.05) is 38.3 Å². The second-order valence-electron chi connectivity index (χ2n) is 5.60. The summed E-state index contributed by atoms with van der Waals surface area (Å²) >= 11 is 0. The number of hydrogen-bond donors (Lipinski definition) is 1. The van der Waals surface area contributed by atoms with Crippen LogP contribution in [0, 0.1) is 0 Å². The molecule has 1 aliphatic rings. The lowest BCUT2D eigenvalue weighted by Crippen LogP contribution is -2.18. The fourth-order valence-corrected chi connectivity index (χ4v) is 2.71. The minimum Gasteiger partial charge on any atom is -0.372 e. The van der Waals surface area contributed by atoms with Gasteiger partial charge in [-0.25, -0.2) is 0 Å². The number of nitrogens with one attached hydrogen (secondary N) is 1. The molecule has 0 amide bonds. The Morgan fingerprint density at radius 3 is 2.42 bits per heavy atom. The van der Waals surface area contributed by atoms with Crippen LogP contribution in [0.1, 0.15) is 51.0 Å². The maximum Gasteiger partial charge on any atom is 0.0366 e. The van der Waals surface area contributed by atoms with Crippen LogP contribution < -0.4 is 10.2 Å². The molecule has 0 bridgehead atoms. The average Bonchev–Trinajstić information content (AvgIpc) is 2.97. The van der Waals surface area contributed by atoms with Crippen molar-refractivity contribution in [3.05, 3.63) is 29.8 Å². The molecule has 1 aromatic carbocycles. The molecular weight excluding hydrogens is 232 g/mol. The maximum atomic E-state index is 3.54. The highest BCUT2D eigenvalue weighted by Crippen LogP contribution is 2.20. The predicted molar refractivity (Wildman–Crippen MR) is 83.7 cm³/mol. The highest BCUT2D eigenvalue weighted by atomic mass is 15.1. The molecule has 2 heteroatoms. The van der Waals surface area contributed by atoms with Gasteiger partial charge in [-0.3, -0.25) is 0 Å². The van der Waals surface area contributed by atoms with Crippen molar-refractivity contribution in [3.8, 4) is 0 Å². The van der Waals surface area contributed by atoms with E-state index in [4.69, 9.17) is 0 Å². The zero-order valence-electron chi connectivity index (χ0n) is 12.3. The first-order chi connectivity index (χ1) is 9.40. The van der Waals surface area contributed by atoms with E-state index in [1.165, 1.54) is 62.9 Å². The summed E-state index contributed by atoms with van der Waals surface area (Å²) in [6.07, 6.45) is 8.05. The zero-order valence-corrected chi connectivity index (χ0v) is 12.3. The monoisotopic (exact) mass is 260 g/mol. The number of anilines is 1. The molecule has 2 rings (SSSR count). The number of rotatable bonds is 8. The molecule has 1 aliphatic heterocycles. The van der Waals surface area contributed by atoms with Gasteiger partial charge in [0.2, 0.25) is 0 Å². The van der Waals surface area contributed by atoms with E-state index in [9.17, 15) is 0 Å². The largest absolute Gasteiger partial charge is 0.372 e. The highest BCUT2D eigenvalue weighted by Gasteiger charge is 2.11. The Morgan fingerprint density at radius 1 is 1.00 bits per heavy atom. The fourth-order valence-electron chi connectivity index (χ4n) is 2.71. The minimum atomic E-state index is 1.01. The van der Waals surface area contributed by atoms with E-state index >= 15 is 0 Å². The second-order valence-corrected chi connectivity index (χ2v) is 5.60. The number of unbranched alkanes of at least 4 members (excludes halogenated alkanes) is 3. The normalized spacial score (nSPS) is 15.1. The molecule has 0 unspecified atom stereocenters. The van der Waals surface area contributed by atoms with Gasteiger partial charge < -0.3 is 10.2 Å². The van der Waals surface area contributed by atoms with Crippen molar-refractivity contribution in [2.24, 2.45) is 0 Å². The van der Waals surface area contributed by atoms with Crippen molar-refractivity contribution in [1.82, 2.24) is 5.32 Å². The van der Waals surface area contributed by atoms with Gasteiger partial charge in [0.1, 0.15) is 0 Å². The summed E-state index contributed by atoms with van der Waals surface area (Å²) in [6.45, 7) is 6.87. The van der Waals surface area contributed by atoms with Crippen molar-refractivity contribution in [2.45, 2.75) is 52.0 Å². The van der Waals surface area contributed by atoms with Gasteiger partial charge in [0.25, 0.3) is 0 Å². The van der Waals surface area contributed by atoms with Gasteiger partial charge >= 0.3 is 0 Å². The average molecular weight is 260 g/mol.